The molecule has 0 N–H and O–H groups in total. The molecule has 1 saturated heterocycles. The van der Waals surface area contributed by atoms with Gasteiger partial charge < -0.3 is 9.42 Å². The molecule has 0 aliphatic carbocycles. The molecular weight excluding hydrogens is 304 g/mol. The molecule has 0 bridgehead atoms. The van der Waals surface area contributed by atoms with Gasteiger partial charge >= 0.3 is 0 Å². The zero-order valence-corrected chi connectivity index (χ0v) is 13.5. The Morgan fingerprint density at radius 3 is 2.86 bits per heavy atom. The molecule has 0 aromatic carbocycles. The Hall–Kier alpha value is -1.82. The van der Waals surface area contributed by atoms with E-state index in [2.05, 4.69) is 10.3 Å². The average Bonchev–Trinajstić information content (AvgIpc) is 2.96. The summed E-state index contributed by atoms with van der Waals surface area (Å²) in [5.74, 6) is 0.636. The molecule has 1 aliphatic heterocycles. The number of halogens is 1. The summed E-state index contributed by atoms with van der Waals surface area (Å²) in [6, 6.07) is 1.81. The normalized spacial score (nSPS) is 19.2. The molecule has 1 amide bonds. The third kappa shape index (κ3) is 2.75. The Labute approximate surface area is 134 Å². The third-order valence-electron chi connectivity index (χ3n) is 4.08. The van der Waals surface area contributed by atoms with Crippen molar-refractivity contribution in [3.8, 4) is 0 Å². The third-order valence-corrected chi connectivity index (χ3v) is 4.36. The number of rotatable bonds is 2. The number of aryl methyl sites for hydroxylation is 2. The van der Waals surface area contributed by atoms with Crippen LogP contribution in [0.5, 0.6) is 0 Å². The first kappa shape index (κ1) is 15.1. The summed E-state index contributed by atoms with van der Waals surface area (Å²) in [7, 11) is 1.73. The van der Waals surface area contributed by atoms with Crippen LogP contribution >= 0.6 is 11.6 Å². The van der Waals surface area contributed by atoms with Crippen LogP contribution in [0.25, 0.3) is 0 Å². The summed E-state index contributed by atoms with van der Waals surface area (Å²) in [6.45, 7) is 2.57. The van der Waals surface area contributed by atoms with Crippen LogP contribution in [0.1, 0.15) is 53.7 Å². The summed E-state index contributed by atoms with van der Waals surface area (Å²) in [5, 5.41) is 8.40. The number of carbonyl (C=O) groups is 1. The van der Waals surface area contributed by atoms with Crippen LogP contribution < -0.4 is 0 Å². The van der Waals surface area contributed by atoms with Gasteiger partial charge in [-0.3, -0.25) is 9.48 Å². The van der Waals surface area contributed by atoms with E-state index >= 15 is 0 Å². The van der Waals surface area contributed by atoms with Gasteiger partial charge in [0, 0.05) is 19.7 Å². The fraction of sp³-hybridized carbons (Fsp3) is 0.533. The van der Waals surface area contributed by atoms with E-state index in [9.17, 15) is 4.79 Å². The highest BCUT2D eigenvalue weighted by atomic mass is 35.5. The molecule has 0 radical (unpaired) electrons. The molecule has 1 atom stereocenters. The first-order valence-electron chi connectivity index (χ1n) is 7.49. The first-order valence-corrected chi connectivity index (χ1v) is 7.87. The van der Waals surface area contributed by atoms with Crippen molar-refractivity contribution in [2.45, 2.75) is 38.6 Å². The predicted molar refractivity (Wildman–Crippen MR) is 81.7 cm³/mol. The molecule has 2 aromatic heterocycles. The van der Waals surface area contributed by atoms with Gasteiger partial charge in [0.15, 0.2) is 5.76 Å². The number of hydrogen-bond acceptors (Lipinski definition) is 4. The standard InChI is InChI=1S/C15H19ClN4O2/c1-10-8-13(22-18-10)12-6-4-3-5-7-20(12)15(21)14-11(16)9-17-19(14)2/h8-9,12H,3-7H2,1-2H3/t12-/m0/s1. The maximum atomic E-state index is 13.0. The van der Waals surface area contributed by atoms with E-state index in [0.29, 0.717) is 17.3 Å². The number of carbonyl (C=O) groups excluding carboxylic acids is 1. The van der Waals surface area contributed by atoms with E-state index in [1.807, 2.05) is 17.9 Å². The largest absolute Gasteiger partial charge is 0.359 e. The molecule has 0 spiro atoms. The summed E-state index contributed by atoms with van der Waals surface area (Å²) in [4.78, 5) is 14.8. The van der Waals surface area contributed by atoms with Gasteiger partial charge in [-0.1, -0.05) is 29.6 Å². The molecule has 3 rings (SSSR count). The molecule has 1 fully saturated rings. The molecule has 2 aromatic rings. The topological polar surface area (TPSA) is 64.2 Å². The van der Waals surface area contributed by atoms with Gasteiger partial charge in [-0.2, -0.15) is 5.10 Å². The van der Waals surface area contributed by atoms with Gasteiger partial charge in [-0.15, -0.1) is 0 Å². The summed E-state index contributed by atoms with van der Waals surface area (Å²) >= 11 is 6.13. The minimum Gasteiger partial charge on any atom is -0.359 e. The van der Waals surface area contributed by atoms with E-state index in [-0.39, 0.29) is 11.9 Å². The summed E-state index contributed by atoms with van der Waals surface area (Å²) in [6.07, 6.45) is 5.51. The molecule has 6 nitrogen and oxygen atoms in total. The molecule has 118 valence electrons. The second kappa shape index (κ2) is 6.12. The number of hydrogen-bond donors (Lipinski definition) is 0. The van der Waals surface area contributed by atoms with Gasteiger partial charge in [0.2, 0.25) is 0 Å². The van der Waals surface area contributed by atoms with Crippen molar-refractivity contribution < 1.29 is 9.32 Å². The quantitative estimate of drug-likeness (QED) is 0.852. The van der Waals surface area contributed by atoms with Gasteiger partial charge in [0.1, 0.15) is 5.69 Å². The highest BCUT2D eigenvalue weighted by Gasteiger charge is 2.32. The van der Waals surface area contributed by atoms with Crippen LogP contribution in [0.4, 0.5) is 0 Å². The second-order valence-electron chi connectivity index (χ2n) is 5.70. The average molecular weight is 323 g/mol. The first-order chi connectivity index (χ1) is 10.6. The molecule has 0 unspecified atom stereocenters. The van der Waals surface area contributed by atoms with Crippen LogP contribution in [-0.4, -0.2) is 32.3 Å². The van der Waals surface area contributed by atoms with E-state index < -0.39 is 0 Å². The van der Waals surface area contributed by atoms with Crippen LogP contribution in [0.3, 0.4) is 0 Å². The van der Waals surface area contributed by atoms with Gasteiger partial charge in [0.05, 0.1) is 23.0 Å². The monoisotopic (exact) mass is 322 g/mol. The maximum Gasteiger partial charge on any atom is 0.274 e. The summed E-state index contributed by atoms with van der Waals surface area (Å²) in [5.41, 5.74) is 1.25. The fourth-order valence-corrected chi connectivity index (χ4v) is 3.22. The zero-order valence-electron chi connectivity index (χ0n) is 12.8. The van der Waals surface area contributed by atoms with Crippen LogP contribution in [0.15, 0.2) is 16.8 Å². The van der Waals surface area contributed by atoms with Crippen LogP contribution in [0, 0.1) is 6.92 Å². The Bertz CT molecular complexity index is 659. The second-order valence-corrected chi connectivity index (χ2v) is 6.11. The summed E-state index contributed by atoms with van der Waals surface area (Å²) < 4.78 is 6.94. The minimum absolute atomic E-state index is 0.0952. The van der Waals surface area contributed by atoms with Gasteiger partial charge in [0.25, 0.3) is 5.91 Å². The smallest absolute Gasteiger partial charge is 0.274 e. The van der Waals surface area contributed by atoms with E-state index in [1.54, 1.807) is 7.05 Å². The molecule has 22 heavy (non-hydrogen) atoms. The van der Waals surface area contributed by atoms with Crippen molar-refractivity contribution in [3.05, 3.63) is 34.4 Å². The van der Waals surface area contributed by atoms with Crippen molar-refractivity contribution >= 4 is 17.5 Å². The van der Waals surface area contributed by atoms with Crippen molar-refractivity contribution in [1.82, 2.24) is 19.8 Å². The Morgan fingerprint density at radius 2 is 2.23 bits per heavy atom. The number of amides is 1. The number of nitrogens with zero attached hydrogens (tertiary/aromatic N) is 4. The predicted octanol–water partition coefficient (Wildman–Crippen LogP) is 3.13. The molecule has 7 heteroatoms. The van der Waals surface area contributed by atoms with E-state index in [4.69, 9.17) is 16.1 Å². The highest BCUT2D eigenvalue weighted by molar-refractivity contribution is 6.33. The molecule has 0 saturated carbocycles. The lowest BCUT2D eigenvalue weighted by atomic mass is 10.1. The van der Waals surface area contributed by atoms with Gasteiger partial charge in [-0.05, 0) is 19.8 Å². The Kier molecular flexibility index (Phi) is 4.20. The fourth-order valence-electron chi connectivity index (χ4n) is 2.97. The Morgan fingerprint density at radius 1 is 1.41 bits per heavy atom. The molecule has 3 heterocycles. The molecule has 1 aliphatic rings. The highest BCUT2D eigenvalue weighted by Crippen LogP contribution is 2.32. The molecular formula is C15H19ClN4O2. The van der Waals surface area contributed by atoms with E-state index in [1.165, 1.54) is 10.9 Å². The van der Waals surface area contributed by atoms with E-state index in [0.717, 1.165) is 37.1 Å². The Balaban J connectivity index is 1.95. The maximum absolute atomic E-state index is 13.0. The minimum atomic E-state index is -0.106. The lowest BCUT2D eigenvalue weighted by Crippen LogP contribution is -2.36. The SMILES string of the molecule is Cc1cc([C@@H]2CCCCCN2C(=O)c2c(Cl)cnn2C)on1. The van der Waals surface area contributed by atoms with Crippen molar-refractivity contribution in [3.63, 3.8) is 0 Å². The van der Waals surface area contributed by atoms with Crippen molar-refractivity contribution in [1.29, 1.82) is 0 Å². The zero-order chi connectivity index (χ0) is 15.7. The lowest BCUT2D eigenvalue weighted by Gasteiger charge is -2.28. The van der Waals surface area contributed by atoms with Gasteiger partial charge in [-0.25, -0.2) is 0 Å². The van der Waals surface area contributed by atoms with Crippen LogP contribution in [-0.2, 0) is 7.05 Å². The van der Waals surface area contributed by atoms with Crippen molar-refractivity contribution in [2.24, 2.45) is 7.05 Å². The number of aromatic nitrogens is 3. The van der Waals surface area contributed by atoms with Crippen LogP contribution in [0.2, 0.25) is 5.02 Å². The lowest BCUT2D eigenvalue weighted by molar-refractivity contribution is 0.0640. The van der Waals surface area contributed by atoms with Crippen molar-refractivity contribution in [2.75, 3.05) is 6.54 Å². The number of likely N-dealkylation sites (tertiary alicyclic amines) is 1.